The molecule has 0 aliphatic rings. The van der Waals surface area contributed by atoms with Gasteiger partial charge in [-0.25, -0.2) is 8.78 Å². The molecule has 2 aromatic rings. The molecule has 0 spiro atoms. The molecule has 19 heavy (non-hydrogen) atoms. The Balaban J connectivity index is 2.46. The molecule has 0 heterocycles. The fourth-order valence-electron chi connectivity index (χ4n) is 2.16. The van der Waals surface area contributed by atoms with Crippen LogP contribution in [0.15, 0.2) is 40.9 Å². The van der Waals surface area contributed by atoms with Gasteiger partial charge in [0.05, 0.1) is 10.5 Å². The van der Waals surface area contributed by atoms with Crippen molar-refractivity contribution < 1.29 is 8.78 Å². The van der Waals surface area contributed by atoms with Crippen molar-refractivity contribution in [1.82, 2.24) is 5.32 Å². The molecule has 0 amide bonds. The molecule has 2 aromatic carbocycles. The minimum atomic E-state index is -0.297. The molecule has 1 atom stereocenters. The zero-order valence-electron chi connectivity index (χ0n) is 10.7. The fourth-order valence-corrected chi connectivity index (χ4v) is 2.55. The van der Waals surface area contributed by atoms with Crippen molar-refractivity contribution in [3.63, 3.8) is 0 Å². The molecule has 1 unspecified atom stereocenters. The number of rotatable bonds is 3. The molecule has 100 valence electrons. The third-order valence-corrected chi connectivity index (χ3v) is 3.72. The molecular formula is C15H14BrF2N. The lowest BCUT2D eigenvalue weighted by molar-refractivity contribution is 0.614. The predicted molar refractivity (Wildman–Crippen MR) is 76.1 cm³/mol. The lowest BCUT2D eigenvalue weighted by Gasteiger charge is -2.20. The van der Waals surface area contributed by atoms with Crippen LogP contribution < -0.4 is 5.32 Å². The molecule has 1 nitrogen and oxygen atoms in total. The van der Waals surface area contributed by atoms with E-state index in [2.05, 4.69) is 21.2 Å². The second-order valence-electron chi connectivity index (χ2n) is 4.40. The van der Waals surface area contributed by atoms with Crippen LogP contribution in [0.25, 0.3) is 0 Å². The molecule has 1 N–H and O–H groups in total. The zero-order chi connectivity index (χ0) is 14.0. The smallest absolute Gasteiger partial charge is 0.137 e. The van der Waals surface area contributed by atoms with Crippen LogP contribution in [0.1, 0.15) is 22.7 Å². The van der Waals surface area contributed by atoms with E-state index in [4.69, 9.17) is 0 Å². The number of hydrogen-bond donors (Lipinski definition) is 1. The summed E-state index contributed by atoms with van der Waals surface area (Å²) in [5.74, 6) is -0.550. The third-order valence-electron chi connectivity index (χ3n) is 3.11. The monoisotopic (exact) mass is 325 g/mol. The second kappa shape index (κ2) is 5.80. The van der Waals surface area contributed by atoms with Crippen LogP contribution in [-0.4, -0.2) is 7.05 Å². The van der Waals surface area contributed by atoms with Gasteiger partial charge < -0.3 is 5.32 Å². The number of aryl methyl sites for hydroxylation is 1. The maximum absolute atomic E-state index is 13.3. The summed E-state index contributed by atoms with van der Waals surface area (Å²) in [6.45, 7) is 1.86. The number of halogens is 3. The molecule has 4 heteroatoms. The quantitative estimate of drug-likeness (QED) is 0.884. The van der Waals surface area contributed by atoms with Crippen LogP contribution in [0.5, 0.6) is 0 Å². The van der Waals surface area contributed by atoms with Gasteiger partial charge in [-0.1, -0.05) is 12.1 Å². The SMILES string of the molecule is CNC(c1ccc(F)c(Br)c1)c1ccc(F)cc1C. The Morgan fingerprint density at radius 3 is 2.42 bits per heavy atom. The number of hydrogen-bond acceptors (Lipinski definition) is 1. The summed E-state index contributed by atoms with van der Waals surface area (Å²) in [5, 5.41) is 3.18. The van der Waals surface area contributed by atoms with E-state index < -0.39 is 0 Å². The van der Waals surface area contributed by atoms with Crippen LogP contribution in [0, 0.1) is 18.6 Å². The summed E-state index contributed by atoms with van der Waals surface area (Å²) in [5.41, 5.74) is 2.76. The molecule has 0 fully saturated rings. The first-order valence-corrected chi connectivity index (χ1v) is 6.70. The zero-order valence-corrected chi connectivity index (χ0v) is 12.3. The molecule has 2 rings (SSSR count). The van der Waals surface area contributed by atoms with E-state index in [-0.39, 0.29) is 17.7 Å². The fraction of sp³-hybridized carbons (Fsp3) is 0.200. The Morgan fingerprint density at radius 1 is 1.11 bits per heavy atom. The Kier molecular flexibility index (Phi) is 4.32. The second-order valence-corrected chi connectivity index (χ2v) is 5.25. The van der Waals surface area contributed by atoms with Gasteiger partial charge >= 0.3 is 0 Å². The highest BCUT2D eigenvalue weighted by Crippen LogP contribution is 2.28. The largest absolute Gasteiger partial charge is 0.309 e. The van der Waals surface area contributed by atoms with E-state index in [0.717, 1.165) is 16.7 Å². The molecule has 0 radical (unpaired) electrons. The standard InChI is InChI=1S/C15H14BrF2N/c1-9-7-11(17)4-5-12(9)15(19-2)10-3-6-14(18)13(16)8-10/h3-8,15,19H,1-2H3. The summed E-state index contributed by atoms with van der Waals surface area (Å²) in [7, 11) is 1.82. The van der Waals surface area contributed by atoms with Crippen molar-refractivity contribution in [2.24, 2.45) is 0 Å². The number of nitrogens with one attached hydrogen (secondary N) is 1. The van der Waals surface area contributed by atoms with Crippen molar-refractivity contribution in [2.45, 2.75) is 13.0 Å². The Bertz CT molecular complexity index is 599. The van der Waals surface area contributed by atoms with Gasteiger partial charge in [0.25, 0.3) is 0 Å². The highest BCUT2D eigenvalue weighted by atomic mass is 79.9. The Morgan fingerprint density at radius 2 is 1.84 bits per heavy atom. The van der Waals surface area contributed by atoms with Gasteiger partial charge in [-0.2, -0.15) is 0 Å². The van der Waals surface area contributed by atoms with Crippen LogP contribution in [0.3, 0.4) is 0 Å². The number of benzene rings is 2. The van der Waals surface area contributed by atoms with E-state index in [0.29, 0.717) is 4.47 Å². The van der Waals surface area contributed by atoms with Crippen molar-refractivity contribution in [3.05, 3.63) is 69.2 Å². The molecule has 0 bridgehead atoms. The molecule has 0 aromatic heterocycles. The van der Waals surface area contributed by atoms with E-state index in [1.54, 1.807) is 18.2 Å². The molecule has 0 saturated carbocycles. The molecule has 0 saturated heterocycles. The first-order valence-electron chi connectivity index (χ1n) is 5.91. The molecular weight excluding hydrogens is 312 g/mol. The van der Waals surface area contributed by atoms with Crippen LogP contribution in [-0.2, 0) is 0 Å². The highest BCUT2D eigenvalue weighted by Gasteiger charge is 2.15. The van der Waals surface area contributed by atoms with Gasteiger partial charge in [0.1, 0.15) is 11.6 Å². The van der Waals surface area contributed by atoms with E-state index in [1.807, 2.05) is 14.0 Å². The summed E-state index contributed by atoms with van der Waals surface area (Å²) >= 11 is 3.18. The Labute approximate surface area is 119 Å². The van der Waals surface area contributed by atoms with Crippen molar-refractivity contribution in [1.29, 1.82) is 0 Å². The third kappa shape index (κ3) is 3.01. The molecule has 0 aliphatic carbocycles. The maximum Gasteiger partial charge on any atom is 0.137 e. The predicted octanol–water partition coefficient (Wildman–Crippen LogP) is 4.34. The maximum atomic E-state index is 13.3. The summed E-state index contributed by atoms with van der Waals surface area (Å²) in [6.07, 6.45) is 0. The highest BCUT2D eigenvalue weighted by molar-refractivity contribution is 9.10. The van der Waals surface area contributed by atoms with Gasteiger partial charge in [-0.3, -0.25) is 0 Å². The average Bonchev–Trinajstić information content (AvgIpc) is 2.37. The first kappa shape index (κ1) is 14.2. The van der Waals surface area contributed by atoms with Gasteiger partial charge in [0, 0.05) is 0 Å². The average molecular weight is 326 g/mol. The van der Waals surface area contributed by atoms with Crippen LogP contribution >= 0.6 is 15.9 Å². The minimum Gasteiger partial charge on any atom is -0.309 e. The van der Waals surface area contributed by atoms with Crippen LogP contribution in [0.2, 0.25) is 0 Å². The first-order chi connectivity index (χ1) is 9.02. The Hall–Kier alpha value is -1.26. The van der Waals surface area contributed by atoms with Gasteiger partial charge in [-0.05, 0) is 70.9 Å². The van der Waals surface area contributed by atoms with Gasteiger partial charge in [-0.15, -0.1) is 0 Å². The topological polar surface area (TPSA) is 12.0 Å². The van der Waals surface area contributed by atoms with E-state index >= 15 is 0 Å². The van der Waals surface area contributed by atoms with Gasteiger partial charge in [0.2, 0.25) is 0 Å². The lowest BCUT2D eigenvalue weighted by atomic mass is 9.95. The van der Waals surface area contributed by atoms with Crippen molar-refractivity contribution in [3.8, 4) is 0 Å². The van der Waals surface area contributed by atoms with E-state index in [9.17, 15) is 8.78 Å². The summed E-state index contributed by atoms with van der Waals surface area (Å²) < 4.78 is 26.9. The summed E-state index contributed by atoms with van der Waals surface area (Å²) in [6, 6.07) is 9.47. The summed E-state index contributed by atoms with van der Waals surface area (Å²) in [4.78, 5) is 0. The van der Waals surface area contributed by atoms with Crippen LogP contribution in [0.4, 0.5) is 8.78 Å². The normalized spacial score (nSPS) is 12.5. The van der Waals surface area contributed by atoms with Crippen molar-refractivity contribution in [2.75, 3.05) is 7.05 Å². The lowest BCUT2D eigenvalue weighted by Crippen LogP contribution is -2.18. The van der Waals surface area contributed by atoms with E-state index in [1.165, 1.54) is 18.2 Å². The van der Waals surface area contributed by atoms with Gasteiger partial charge in [0.15, 0.2) is 0 Å². The molecule has 0 aliphatic heterocycles. The van der Waals surface area contributed by atoms with Crippen molar-refractivity contribution >= 4 is 15.9 Å². The minimum absolute atomic E-state index is 0.0995.